The fraction of sp³-hybridized carbons (Fsp3) is 0.600. The van der Waals surface area contributed by atoms with Crippen molar-refractivity contribution >= 4 is 38.4 Å². The lowest BCUT2D eigenvalue weighted by Crippen LogP contribution is -2.38. The first-order valence-corrected chi connectivity index (χ1v) is 12.7. The van der Waals surface area contributed by atoms with Gasteiger partial charge in [0.2, 0.25) is 0 Å². The molecule has 3 aliphatic heterocycles. The number of unbranched alkanes of at least 4 members (excludes halogenated alkanes) is 1. The zero-order valence-electron chi connectivity index (χ0n) is 16.0. The van der Waals surface area contributed by atoms with Crippen molar-refractivity contribution < 1.29 is 17.9 Å². The number of thioether (sulfide) groups is 1. The Kier molecular flexibility index (Phi) is 5.81. The predicted octanol–water partition coefficient (Wildman–Crippen LogP) is 2.81. The highest BCUT2D eigenvalue weighted by atomic mass is 32.2. The summed E-state index contributed by atoms with van der Waals surface area (Å²) in [5.41, 5.74) is 2.17. The number of anilines is 1. The van der Waals surface area contributed by atoms with Gasteiger partial charge in [-0.3, -0.25) is 4.79 Å². The molecule has 0 spiro atoms. The molecule has 28 heavy (non-hydrogen) atoms. The van der Waals surface area contributed by atoms with E-state index in [-0.39, 0.29) is 28.7 Å². The highest BCUT2D eigenvalue weighted by Gasteiger charge is 2.49. The number of rotatable bonds is 5. The molecule has 3 aliphatic rings. The number of hydrogen-bond donors (Lipinski definition) is 0. The van der Waals surface area contributed by atoms with E-state index in [2.05, 4.69) is 24.0 Å². The summed E-state index contributed by atoms with van der Waals surface area (Å²) in [6.45, 7) is 2.77. The average molecular weight is 423 g/mol. The lowest BCUT2D eigenvalue weighted by molar-refractivity contribution is -0.126. The SMILES string of the molecule is CCCCc1ccc(N2C(=NC(=O)[C@H]3CCCO3)S[C@@H]3CS(=O)(=O)C[C@@H]32)cc1. The van der Waals surface area contributed by atoms with Gasteiger partial charge in [-0.1, -0.05) is 37.2 Å². The second-order valence-electron chi connectivity index (χ2n) is 7.67. The molecule has 3 fully saturated rings. The van der Waals surface area contributed by atoms with Crippen LogP contribution in [0.15, 0.2) is 29.3 Å². The van der Waals surface area contributed by atoms with Gasteiger partial charge in [0.15, 0.2) is 15.0 Å². The molecule has 1 aromatic rings. The molecular weight excluding hydrogens is 396 g/mol. The Labute approximate surface area is 170 Å². The van der Waals surface area contributed by atoms with Crippen LogP contribution in [0.2, 0.25) is 0 Å². The molecule has 3 saturated heterocycles. The maximum atomic E-state index is 12.5. The number of sulfone groups is 1. The molecule has 8 heteroatoms. The van der Waals surface area contributed by atoms with Gasteiger partial charge in [0.05, 0.1) is 17.5 Å². The highest BCUT2D eigenvalue weighted by molar-refractivity contribution is 8.16. The number of nitrogens with zero attached hydrogens (tertiary/aromatic N) is 2. The van der Waals surface area contributed by atoms with Crippen LogP contribution in [-0.4, -0.2) is 55.0 Å². The van der Waals surface area contributed by atoms with Gasteiger partial charge in [0, 0.05) is 17.5 Å². The van der Waals surface area contributed by atoms with Crippen molar-refractivity contribution in [3.05, 3.63) is 29.8 Å². The standard InChI is InChI=1S/C20H26N2O4S2/c1-2-3-5-14-7-9-15(10-8-14)22-16-12-28(24,25)13-18(16)27-20(22)21-19(23)17-6-4-11-26-17/h7-10,16-18H,2-6,11-13H2,1H3/t16-,17+,18+/m0/s1. The van der Waals surface area contributed by atoms with Crippen LogP contribution in [0.1, 0.15) is 38.2 Å². The van der Waals surface area contributed by atoms with Crippen LogP contribution in [0, 0.1) is 0 Å². The van der Waals surface area contributed by atoms with Crippen LogP contribution in [0.3, 0.4) is 0 Å². The molecule has 152 valence electrons. The Morgan fingerprint density at radius 3 is 2.75 bits per heavy atom. The molecule has 0 bridgehead atoms. The van der Waals surface area contributed by atoms with Crippen LogP contribution in [-0.2, 0) is 25.8 Å². The number of benzene rings is 1. The van der Waals surface area contributed by atoms with E-state index >= 15 is 0 Å². The number of fused-ring (bicyclic) bond motifs is 1. The van der Waals surface area contributed by atoms with Gasteiger partial charge in [-0.15, -0.1) is 0 Å². The lowest BCUT2D eigenvalue weighted by atomic mass is 10.1. The lowest BCUT2D eigenvalue weighted by Gasteiger charge is -2.25. The molecule has 4 rings (SSSR count). The fourth-order valence-electron chi connectivity index (χ4n) is 4.01. The van der Waals surface area contributed by atoms with Gasteiger partial charge < -0.3 is 9.64 Å². The molecule has 0 aromatic heterocycles. The molecule has 0 N–H and O–H groups in total. The van der Waals surface area contributed by atoms with E-state index in [4.69, 9.17) is 4.74 Å². The monoisotopic (exact) mass is 422 g/mol. The summed E-state index contributed by atoms with van der Waals surface area (Å²) in [4.78, 5) is 18.8. The third kappa shape index (κ3) is 4.14. The molecule has 3 heterocycles. The van der Waals surface area contributed by atoms with Crippen LogP contribution in [0.25, 0.3) is 0 Å². The highest BCUT2D eigenvalue weighted by Crippen LogP contribution is 2.41. The van der Waals surface area contributed by atoms with Crippen molar-refractivity contribution in [2.24, 2.45) is 4.99 Å². The quantitative estimate of drug-likeness (QED) is 0.726. The number of hydrogen-bond acceptors (Lipinski definition) is 5. The van der Waals surface area contributed by atoms with E-state index in [1.807, 2.05) is 17.0 Å². The maximum Gasteiger partial charge on any atom is 0.277 e. The van der Waals surface area contributed by atoms with E-state index in [0.717, 1.165) is 31.4 Å². The summed E-state index contributed by atoms with van der Waals surface area (Å²) in [5.74, 6) is -0.0111. The first kappa shape index (κ1) is 19.9. The minimum Gasteiger partial charge on any atom is -0.368 e. The average Bonchev–Trinajstić information content (AvgIpc) is 3.35. The summed E-state index contributed by atoms with van der Waals surface area (Å²) < 4.78 is 29.8. The van der Waals surface area contributed by atoms with E-state index in [0.29, 0.717) is 18.2 Å². The topological polar surface area (TPSA) is 76.0 Å². The fourth-order valence-corrected chi connectivity index (χ4v) is 7.93. The van der Waals surface area contributed by atoms with Crippen molar-refractivity contribution in [2.45, 2.75) is 56.4 Å². The first-order valence-electron chi connectivity index (χ1n) is 9.96. The number of carbonyl (C=O) groups is 1. The van der Waals surface area contributed by atoms with E-state index in [9.17, 15) is 13.2 Å². The number of carbonyl (C=O) groups excluding carboxylic acids is 1. The Morgan fingerprint density at radius 2 is 2.07 bits per heavy atom. The third-order valence-electron chi connectivity index (χ3n) is 5.51. The number of aliphatic imine (C=N–C) groups is 1. The molecule has 3 atom stereocenters. The minimum absolute atomic E-state index is 0.0826. The number of aryl methyl sites for hydroxylation is 1. The molecule has 0 unspecified atom stereocenters. The molecule has 0 radical (unpaired) electrons. The largest absolute Gasteiger partial charge is 0.368 e. The predicted molar refractivity (Wildman–Crippen MR) is 113 cm³/mol. The second-order valence-corrected chi connectivity index (χ2v) is 11.0. The Hall–Kier alpha value is -1.38. The van der Waals surface area contributed by atoms with Crippen LogP contribution < -0.4 is 4.90 Å². The van der Waals surface area contributed by atoms with Gasteiger partial charge >= 0.3 is 0 Å². The van der Waals surface area contributed by atoms with Crippen LogP contribution in [0.5, 0.6) is 0 Å². The minimum atomic E-state index is -3.06. The van der Waals surface area contributed by atoms with Gasteiger partial charge in [0.25, 0.3) is 5.91 Å². The van der Waals surface area contributed by atoms with Gasteiger partial charge in [0.1, 0.15) is 6.10 Å². The summed E-state index contributed by atoms with van der Waals surface area (Å²) in [6.07, 6.45) is 4.44. The summed E-state index contributed by atoms with van der Waals surface area (Å²) >= 11 is 1.41. The molecule has 6 nitrogen and oxygen atoms in total. The van der Waals surface area contributed by atoms with E-state index in [1.54, 1.807) is 0 Å². The number of amidine groups is 1. The zero-order chi connectivity index (χ0) is 19.7. The van der Waals surface area contributed by atoms with Crippen LogP contribution in [0.4, 0.5) is 5.69 Å². The van der Waals surface area contributed by atoms with Crippen molar-refractivity contribution in [1.82, 2.24) is 0 Å². The van der Waals surface area contributed by atoms with Crippen molar-refractivity contribution in [2.75, 3.05) is 23.0 Å². The molecule has 0 saturated carbocycles. The first-order chi connectivity index (χ1) is 13.5. The van der Waals surface area contributed by atoms with Crippen molar-refractivity contribution in [1.29, 1.82) is 0 Å². The third-order valence-corrected chi connectivity index (χ3v) is 8.72. The molecule has 1 aromatic carbocycles. The van der Waals surface area contributed by atoms with Gasteiger partial charge in [-0.2, -0.15) is 4.99 Å². The van der Waals surface area contributed by atoms with E-state index in [1.165, 1.54) is 17.3 Å². The van der Waals surface area contributed by atoms with Crippen molar-refractivity contribution in [3.63, 3.8) is 0 Å². The summed E-state index contributed by atoms with van der Waals surface area (Å²) in [6, 6.07) is 8.04. The van der Waals surface area contributed by atoms with Crippen molar-refractivity contribution in [3.8, 4) is 0 Å². The molecule has 0 aliphatic carbocycles. The second kappa shape index (κ2) is 8.16. The summed E-state index contributed by atoms with van der Waals surface area (Å²) in [7, 11) is -3.06. The molecule has 1 amide bonds. The Morgan fingerprint density at radius 1 is 1.29 bits per heavy atom. The van der Waals surface area contributed by atoms with Gasteiger partial charge in [-0.25, -0.2) is 8.42 Å². The zero-order valence-corrected chi connectivity index (χ0v) is 17.7. The summed E-state index contributed by atoms with van der Waals surface area (Å²) in [5, 5.41) is 0.521. The normalized spacial score (nSPS) is 30.1. The van der Waals surface area contributed by atoms with E-state index < -0.39 is 15.9 Å². The Balaban J connectivity index is 1.61. The number of amides is 1. The van der Waals surface area contributed by atoms with Crippen LogP contribution >= 0.6 is 11.8 Å². The Bertz CT molecular complexity index is 861. The number of ether oxygens (including phenoxy) is 1. The van der Waals surface area contributed by atoms with Gasteiger partial charge in [-0.05, 0) is 43.4 Å². The molecular formula is C20H26N2O4S2. The maximum absolute atomic E-state index is 12.5. The smallest absolute Gasteiger partial charge is 0.277 e.